The molecule has 3 aliphatic rings. The van der Waals surface area contributed by atoms with Crippen molar-refractivity contribution in [1.82, 2.24) is 10.2 Å². The third-order valence-corrected chi connectivity index (χ3v) is 5.75. The Labute approximate surface area is 119 Å². The summed E-state index contributed by atoms with van der Waals surface area (Å²) in [5.41, 5.74) is 0. The van der Waals surface area contributed by atoms with Crippen LogP contribution in [-0.4, -0.2) is 36.6 Å². The van der Waals surface area contributed by atoms with Gasteiger partial charge in [0.25, 0.3) is 0 Å². The standard InChI is InChI=1S/C17H32N2/c1-13(2)9-14-5-3-7-16(10-14)19-8-4-6-15-11-18-12-17(15)19/h13-18H,3-12H2,1-2H3. The largest absolute Gasteiger partial charge is 0.315 e. The van der Waals surface area contributed by atoms with E-state index < -0.39 is 0 Å². The fourth-order valence-corrected chi connectivity index (χ4v) is 5.00. The number of piperidine rings is 1. The Morgan fingerprint density at radius 3 is 2.84 bits per heavy atom. The highest BCUT2D eigenvalue weighted by atomic mass is 15.2. The predicted octanol–water partition coefficient (Wildman–Crippen LogP) is 3.28. The molecule has 0 bridgehead atoms. The molecule has 4 unspecified atom stereocenters. The summed E-state index contributed by atoms with van der Waals surface area (Å²) < 4.78 is 0. The number of fused-ring (bicyclic) bond motifs is 1. The van der Waals surface area contributed by atoms with Crippen molar-refractivity contribution in [2.75, 3.05) is 19.6 Å². The average Bonchev–Trinajstić information content (AvgIpc) is 2.86. The maximum atomic E-state index is 3.64. The van der Waals surface area contributed by atoms with Gasteiger partial charge in [-0.15, -0.1) is 0 Å². The van der Waals surface area contributed by atoms with Crippen molar-refractivity contribution >= 4 is 0 Å². The summed E-state index contributed by atoms with van der Waals surface area (Å²) >= 11 is 0. The number of hydrogen-bond acceptors (Lipinski definition) is 2. The van der Waals surface area contributed by atoms with Crippen molar-refractivity contribution < 1.29 is 0 Å². The fourth-order valence-electron chi connectivity index (χ4n) is 5.00. The molecule has 1 aliphatic carbocycles. The zero-order chi connectivity index (χ0) is 13.2. The number of hydrogen-bond donors (Lipinski definition) is 1. The Morgan fingerprint density at radius 2 is 2.00 bits per heavy atom. The van der Waals surface area contributed by atoms with E-state index in [0.717, 1.165) is 29.8 Å². The minimum Gasteiger partial charge on any atom is -0.315 e. The molecular formula is C17H32N2. The van der Waals surface area contributed by atoms with Gasteiger partial charge >= 0.3 is 0 Å². The van der Waals surface area contributed by atoms with E-state index in [1.54, 1.807) is 0 Å². The van der Waals surface area contributed by atoms with Crippen LogP contribution in [0.1, 0.15) is 58.8 Å². The molecule has 1 saturated carbocycles. The van der Waals surface area contributed by atoms with Crippen LogP contribution in [0.4, 0.5) is 0 Å². The van der Waals surface area contributed by atoms with E-state index in [2.05, 4.69) is 24.1 Å². The summed E-state index contributed by atoms with van der Waals surface area (Å²) in [6, 6.07) is 1.78. The Kier molecular flexibility index (Phi) is 4.48. The van der Waals surface area contributed by atoms with E-state index in [1.165, 1.54) is 64.6 Å². The molecule has 110 valence electrons. The lowest BCUT2D eigenvalue weighted by atomic mass is 9.79. The van der Waals surface area contributed by atoms with Gasteiger partial charge in [0, 0.05) is 18.6 Å². The molecule has 4 atom stereocenters. The molecule has 0 radical (unpaired) electrons. The van der Waals surface area contributed by atoms with Gasteiger partial charge in [0.15, 0.2) is 0 Å². The minimum atomic E-state index is 0.872. The Morgan fingerprint density at radius 1 is 1.11 bits per heavy atom. The molecule has 2 saturated heterocycles. The normalized spacial score (nSPS) is 40.6. The quantitative estimate of drug-likeness (QED) is 0.841. The van der Waals surface area contributed by atoms with Crippen LogP contribution in [0, 0.1) is 17.8 Å². The van der Waals surface area contributed by atoms with Gasteiger partial charge in [0.05, 0.1) is 0 Å². The molecule has 1 N–H and O–H groups in total. The summed E-state index contributed by atoms with van der Waals surface area (Å²) in [5.74, 6) is 2.85. The molecule has 3 fully saturated rings. The molecule has 2 heterocycles. The SMILES string of the molecule is CC(C)CC1CCCC(N2CCCC3CNCC32)C1. The summed E-state index contributed by atoms with van der Waals surface area (Å²) in [6.07, 6.45) is 10.3. The van der Waals surface area contributed by atoms with E-state index in [0.29, 0.717) is 0 Å². The maximum absolute atomic E-state index is 3.64. The molecular weight excluding hydrogens is 232 g/mol. The van der Waals surface area contributed by atoms with E-state index in [9.17, 15) is 0 Å². The average molecular weight is 264 g/mol. The van der Waals surface area contributed by atoms with Gasteiger partial charge in [-0.25, -0.2) is 0 Å². The summed E-state index contributed by atoms with van der Waals surface area (Å²) in [4.78, 5) is 2.92. The smallest absolute Gasteiger partial charge is 0.0263 e. The van der Waals surface area contributed by atoms with Crippen molar-refractivity contribution in [3.8, 4) is 0 Å². The van der Waals surface area contributed by atoms with Crippen LogP contribution in [0.5, 0.6) is 0 Å². The first kappa shape index (κ1) is 13.9. The van der Waals surface area contributed by atoms with Crippen LogP contribution in [0.2, 0.25) is 0 Å². The maximum Gasteiger partial charge on any atom is 0.0263 e. The number of rotatable bonds is 3. The van der Waals surface area contributed by atoms with Crippen molar-refractivity contribution in [3.63, 3.8) is 0 Å². The molecule has 19 heavy (non-hydrogen) atoms. The zero-order valence-electron chi connectivity index (χ0n) is 12.9. The van der Waals surface area contributed by atoms with Crippen molar-refractivity contribution in [1.29, 1.82) is 0 Å². The second-order valence-corrected chi connectivity index (χ2v) is 7.68. The topological polar surface area (TPSA) is 15.3 Å². The molecule has 0 aromatic heterocycles. The monoisotopic (exact) mass is 264 g/mol. The Bertz CT molecular complexity index is 289. The molecule has 2 aliphatic heterocycles. The highest BCUT2D eigenvalue weighted by Gasteiger charge is 2.39. The lowest BCUT2D eigenvalue weighted by molar-refractivity contribution is 0.0429. The summed E-state index contributed by atoms with van der Waals surface area (Å²) in [5, 5.41) is 3.64. The van der Waals surface area contributed by atoms with Gasteiger partial charge in [-0.3, -0.25) is 4.90 Å². The van der Waals surface area contributed by atoms with E-state index in [-0.39, 0.29) is 0 Å². The third-order valence-electron chi connectivity index (χ3n) is 5.75. The van der Waals surface area contributed by atoms with Crippen LogP contribution < -0.4 is 5.32 Å². The highest BCUT2D eigenvalue weighted by Crippen LogP contribution is 2.36. The van der Waals surface area contributed by atoms with E-state index in [1.807, 2.05) is 0 Å². The fraction of sp³-hybridized carbons (Fsp3) is 1.00. The lowest BCUT2D eigenvalue weighted by Crippen LogP contribution is -2.51. The van der Waals surface area contributed by atoms with Gasteiger partial charge in [-0.05, 0) is 62.9 Å². The van der Waals surface area contributed by atoms with Crippen LogP contribution in [0.15, 0.2) is 0 Å². The van der Waals surface area contributed by atoms with Gasteiger partial charge < -0.3 is 5.32 Å². The molecule has 0 spiro atoms. The molecule has 2 nitrogen and oxygen atoms in total. The number of nitrogens with zero attached hydrogens (tertiary/aromatic N) is 1. The van der Waals surface area contributed by atoms with Gasteiger partial charge in [0.2, 0.25) is 0 Å². The lowest BCUT2D eigenvalue weighted by Gasteiger charge is -2.45. The van der Waals surface area contributed by atoms with Crippen LogP contribution in [0.3, 0.4) is 0 Å². The first-order chi connectivity index (χ1) is 9.24. The van der Waals surface area contributed by atoms with Gasteiger partial charge in [-0.1, -0.05) is 26.7 Å². The van der Waals surface area contributed by atoms with Crippen LogP contribution >= 0.6 is 0 Å². The van der Waals surface area contributed by atoms with E-state index >= 15 is 0 Å². The summed E-state index contributed by atoms with van der Waals surface area (Å²) in [6.45, 7) is 8.70. The third kappa shape index (κ3) is 3.16. The molecule has 0 aromatic carbocycles. The molecule has 0 aromatic rings. The molecule has 3 rings (SSSR count). The van der Waals surface area contributed by atoms with Crippen LogP contribution in [-0.2, 0) is 0 Å². The predicted molar refractivity (Wildman–Crippen MR) is 81.3 cm³/mol. The second-order valence-electron chi connectivity index (χ2n) is 7.68. The zero-order valence-corrected chi connectivity index (χ0v) is 12.9. The van der Waals surface area contributed by atoms with Crippen molar-refractivity contribution in [2.24, 2.45) is 17.8 Å². The highest BCUT2D eigenvalue weighted by molar-refractivity contribution is 4.95. The first-order valence-corrected chi connectivity index (χ1v) is 8.70. The van der Waals surface area contributed by atoms with E-state index in [4.69, 9.17) is 0 Å². The Hall–Kier alpha value is -0.0800. The molecule has 2 heteroatoms. The minimum absolute atomic E-state index is 0.872. The van der Waals surface area contributed by atoms with Gasteiger partial charge in [0.1, 0.15) is 0 Å². The number of nitrogens with one attached hydrogen (secondary N) is 1. The van der Waals surface area contributed by atoms with Crippen LogP contribution in [0.25, 0.3) is 0 Å². The van der Waals surface area contributed by atoms with Crippen molar-refractivity contribution in [2.45, 2.75) is 70.9 Å². The summed E-state index contributed by atoms with van der Waals surface area (Å²) in [7, 11) is 0. The molecule has 0 amide bonds. The first-order valence-electron chi connectivity index (χ1n) is 8.70. The Balaban J connectivity index is 1.61. The number of likely N-dealkylation sites (tertiary alicyclic amines) is 1. The van der Waals surface area contributed by atoms with Crippen molar-refractivity contribution in [3.05, 3.63) is 0 Å². The second kappa shape index (κ2) is 6.13. The van der Waals surface area contributed by atoms with Gasteiger partial charge in [-0.2, -0.15) is 0 Å².